The molecule has 2 atom stereocenters. The molecule has 3 heteroatoms. The van der Waals surface area contributed by atoms with E-state index in [2.05, 4.69) is 24.1 Å². The van der Waals surface area contributed by atoms with Crippen molar-refractivity contribution < 1.29 is 4.79 Å². The van der Waals surface area contributed by atoms with E-state index < -0.39 is 0 Å². The molecule has 0 aromatic carbocycles. The van der Waals surface area contributed by atoms with Gasteiger partial charge in [-0.25, -0.2) is 4.79 Å². The van der Waals surface area contributed by atoms with E-state index in [1.165, 1.54) is 44.9 Å². The van der Waals surface area contributed by atoms with Crippen LogP contribution >= 0.6 is 0 Å². The van der Waals surface area contributed by atoms with Gasteiger partial charge < -0.3 is 10.2 Å². The number of likely N-dealkylation sites (tertiary alicyclic amines) is 1. The van der Waals surface area contributed by atoms with Crippen molar-refractivity contribution in [2.24, 2.45) is 35.0 Å². The second kappa shape index (κ2) is 5.42. The summed E-state index contributed by atoms with van der Waals surface area (Å²) in [4.78, 5) is 14.7. The van der Waals surface area contributed by atoms with Gasteiger partial charge in [-0.3, -0.25) is 0 Å². The van der Waals surface area contributed by atoms with Crippen molar-refractivity contribution in [2.75, 3.05) is 19.6 Å². The molecule has 1 heterocycles. The Hall–Kier alpha value is -0.730. The Morgan fingerprint density at radius 3 is 1.95 bits per heavy atom. The van der Waals surface area contributed by atoms with Gasteiger partial charge >= 0.3 is 6.03 Å². The predicted molar refractivity (Wildman–Crippen MR) is 88.5 cm³/mol. The third-order valence-corrected chi connectivity index (χ3v) is 6.94. The van der Waals surface area contributed by atoms with Crippen LogP contribution in [-0.2, 0) is 0 Å². The standard InChI is InChI=1S/C19H32N2O/c1-13-3-14(2)11-21(10-13)18(22)20-12-19-7-15-4-16(8-19)6-17(5-15)9-19/h13-17H,3-12H2,1-2H3,(H,20,22). The minimum atomic E-state index is 0.203. The Labute approximate surface area is 135 Å². The predicted octanol–water partition coefficient (Wildman–Crippen LogP) is 3.89. The normalized spacial score (nSPS) is 46.8. The Morgan fingerprint density at radius 2 is 1.45 bits per heavy atom. The molecule has 4 aliphatic carbocycles. The van der Waals surface area contributed by atoms with Gasteiger partial charge in [0.15, 0.2) is 0 Å². The molecule has 2 amide bonds. The molecular formula is C19H32N2O. The van der Waals surface area contributed by atoms with Crippen LogP contribution in [0, 0.1) is 35.0 Å². The lowest BCUT2D eigenvalue weighted by molar-refractivity contribution is -0.0504. The quantitative estimate of drug-likeness (QED) is 0.824. The molecule has 1 N–H and O–H groups in total. The van der Waals surface area contributed by atoms with Crippen molar-refractivity contribution in [1.29, 1.82) is 0 Å². The van der Waals surface area contributed by atoms with Gasteiger partial charge in [-0.1, -0.05) is 13.8 Å². The van der Waals surface area contributed by atoms with Crippen LogP contribution in [0.3, 0.4) is 0 Å². The maximum Gasteiger partial charge on any atom is 0.317 e. The molecule has 0 aromatic heterocycles. The van der Waals surface area contributed by atoms with Gasteiger partial charge in [0.1, 0.15) is 0 Å². The number of hydrogen-bond donors (Lipinski definition) is 1. The van der Waals surface area contributed by atoms with Crippen LogP contribution in [-0.4, -0.2) is 30.6 Å². The molecular weight excluding hydrogens is 272 g/mol. The summed E-state index contributed by atoms with van der Waals surface area (Å²) in [5.41, 5.74) is 0.456. The lowest BCUT2D eigenvalue weighted by Gasteiger charge is -2.57. The van der Waals surface area contributed by atoms with E-state index in [9.17, 15) is 4.79 Å². The molecule has 0 radical (unpaired) electrons. The third kappa shape index (κ3) is 2.76. The summed E-state index contributed by atoms with van der Waals surface area (Å²) < 4.78 is 0. The summed E-state index contributed by atoms with van der Waals surface area (Å²) in [7, 11) is 0. The first-order valence-electron chi connectivity index (χ1n) is 9.54. The smallest absolute Gasteiger partial charge is 0.317 e. The molecule has 22 heavy (non-hydrogen) atoms. The maximum absolute atomic E-state index is 12.6. The maximum atomic E-state index is 12.6. The largest absolute Gasteiger partial charge is 0.337 e. The van der Waals surface area contributed by atoms with Gasteiger partial charge in [0.25, 0.3) is 0 Å². The molecule has 0 aromatic rings. The first-order valence-corrected chi connectivity index (χ1v) is 9.54. The van der Waals surface area contributed by atoms with Crippen LogP contribution < -0.4 is 5.32 Å². The molecule has 5 aliphatic rings. The van der Waals surface area contributed by atoms with Crippen molar-refractivity contribution in [3.63, 3.8) is 0 Å². The fraction of sp³-hybridized carbons (Fsp3) is 0.947. The zero-order valence-corrected chi connectivity index (χ0v) is 14.3. The third-order valence-electron chi connectivity index (χ3n) is 6.94. The number of carbonyl (C=O) groups is 1. The van der Waals surface area contributed by atoms with Crippen molar-refractivity contribution in [3.05, 3.63) is 0 Å². The van der Waals surface area contributed by atoms with Crippen molar-refractivity contribution in [1.82, 2.24) is 10.2 Å². The van der Waals surface area contributed by atoms with Crippen LogP contribution in [0.5, 0.6) is 0 Å². The molecule has 2 unspecified atom stereocenters. The highest BCUT2D eigenvalue weighted by molar-refractivity contribution is 5.74. The first-order chi connectivity index (χ1) is 10.5. The molecule has 5 rings (SSSR count). The van der Waals surface area contributed by atoms with Gasteiger partial charge in [-0.15, -0.1) is 0 Å². The summed E-state index contributed by atoms with van der Waals surface area (Å²) in [6.45, 7) is 7.37. The SMILES string of the molecule is CC1CC(C)CN(C(=O)NCC23CC4CC(CC(C4)C2)C3)C1. The Bertz CT molecular complexity index is 401. The van der Waals surface area contributed by atoms with Gasteiger partial charge in [0.05, 0.1) is 0 Å². The van der Waals surface area contributed by atoms with Crippen molar-refractivity contribution in [3.8, 4) is 0 Å². The zero-order valence-electron chi connectivity index (χ0n) is 14.3. The lowest BCUT2D eigenvalue weighted by atomic mass is 9.49. The van der Waals surface area contributed by atoms with Crippen LogP contribution in [0.15, 0.2) is 0 Å². The van der Waals surface area contributed by atoms with E-state index in [1.54, 1.807) is 0 Å². The fourth-order valence-corrected chi connectivity index (χ4v) is 6.71. The molecule has 0 spiro atoms. The topological polar surface area (TPSA) is 32.3 Å². The number of nitrogens with zero attached hydrogens (tertiary/aromatic N) is 1. The van der Waals surface area contributed by atoms with E-state index in [1.807, 2.05) is 0 Å². The van der Waals surface area contributed by atoms with Crippen LogP contribution in [0.25, 0.3) is 0 Å². The Balaban J connectivity index is 1.35. The van der Waals surface area contributed by atoms with E-state index in [0.717, 1.165) is 37.4 Å². The number of carbonyl (C=O) groups excluding carboxylic acids is 1. The average molecular weight is 304 g/mol. The van der Waals surface area contributed by atoms with Crippen LogP contribution in [0.2, 0.25) is 0 Å². The number of rotatable bonds is 2. The molecule has 1 aliphatic heterocycles. The summed E-state index contributed by atoms with van der Waals surface area (Å²) in [5.74, 6) is 4.21. The molecule has 4 saturated carbocycles. The number of urea groups is 1. The summed E-state index contributed by atoms with van der Waals surface area (Å²) >= 11 is 0. The van der Waals surface area contributed by atoms with Gasteiger partial charge in [0.2, 0.25) is 0 Å². The average Bonchev–Trinajstić information content (AvgIpc) is 2.42. The Kier molecular flexibility index (Phi) is 3.65. The monoisotopic (exact) mass is 304 g/mol. The highest BCUT2D eigenvalue weighted by atomic mass is 16.2. The lowest BCUT2D eigenvalue weighted by Crippen LogP contribution is -2.54. The highest BCUT2D eigenvalue weighted by Gasteiger charge is 2.50. The van der Waals surface area contributed by atoms with E-state index in [-0.39, 0.29) is 6.03 Å². The second-order valence-corrected chi connectivity index (χ2v) is 9.43. The number of piperidine rings is 1. The van der Waals surface area contributed by atoms with E-state index >= 15 is 0 Å². The molecule has 3 nitrogen and oxygen atoms in total. The number of nitrogens with one attached hydrogen (secondary N) is 1. The first kappa shape index (κ1) is 14.8. The summed E-state index contributed by atoms with van der Waals surface area (Å²) in [5, 5.41) is 3.34. The van der Waals surface area contributed by atoms with E-state index in [0.29, 0.717) is 17.3 Å². The second-order valence-electron chi connectivity index (χ2n) is 9.43. The summed E-state index contributed by atoms with van der Waals surface area (Å²) in [6, 6.07) is 0.203. The molecule has 5 fully saturated rings. The Morgan fingerprint density at radius 1 is 0.955 bits per heavy atom. The number of hydrogen-bond acceptors (Lipinski definition) is 1. The minimum absolute atomic E-state index is 0.203. The highest BCUT2D eigenvalue weighted by Crippen LogP contribution is 2.59. The van der Waals surface area contributed by atoms with Gasteiger partial charge in [-0.05, 0) is 80.0 Å². The minimum Gasteiger partial charge on any atom is -0.337 e. The summed E-state index contributed by atoms with van der Waals surface area (Å²) in [6.07, 6.45) is 9.85. The molecule has 4 bridgehead atoms. The number of amides is 2. The van der Waals surface area contributed by atoms with Crippen LogP contribution in [0.4, 0.5) is 4.79 Å². The van der Waals surface area contributed by atoms with Crippen molar-refractivity contribution in [2.45, 2.75) is 58.8 Å². The van der Waals surface area contributed by atoms with Gasteiger partial charge in [-0.2, -0.15) is 0 Å². The zero-order chi connectivity index (χ0) is 15.3. The molecule has 1 saturated heterocycles. The van der Waals surface area contributed by atoms with Gasteiger partial charge in [0, 0.05) is 19.6 Å². The molecule has 124 valence electrons. The fourth-order valence-electron chi connectivity index (χ4n) is 6.71. The van der Waals surface area contributed by atoms with Crippen molar-refractivity contribution >= 4 is 6.03 Å². The van der Waals surface area contributed by atoms with Crippen LogP contribution in [0.1, 0.15) is 58.8 Å². The van der Waals surface area contributed by atoms with E-state index in [4.69, 9.17) is 0 Å².